The van der Waals surface area contributed by atoms with E-state index in [0.717, 1.165) is 17.4 Å². The molecule has 1 aromatic rings. The van der Waals surface area contributed by atoms with Crippen LogP contribution in [0.1, 0.15) is 32.3 Å². The second-order valence-corrected chi connectivity index (χ2v) is 6.79. The van der Waals surface area contributed by atoms with Crippen LogP contribution in [0, 0.1) is 5.92 Å². The number of halogens is 1. The number of hydrogen-bond donors (Lipinski definition) is 1. The van der Waals surface area contributed by atoms with Crippen LogP contribution in [0.2, 0.25) is 5.02 Å². The van der Waals surface area contributed by atoms with Gasteiger partial charge in [0, 0.05) is 23.7 Å². The molecule has 0 aliphatic carbocycles. The van der Waals surface area contributed by atoms with Crippen molar-refractivity contribution in [1.29, 1.82) is 0 Å². The van der Waals surface area contributed by atoms with E-state index in [4.69, 9.17) is 11.6 Å². The molecule has 3 unspecified atom stereocenters. The maximum atomic E-state index is 6.05. The minimum Gasteiger partial charge on any atom is -0.311 e. The quantitative estimate of drug-likeness (QED) is 0.893. The summed E-state index contributed by atoms with van der Waals surface area (Å²) in [5, 5.41) is 4.60. The van der Waals surface area contributed by atoms with Crippen molar-refractivity contribution in [3.63, 3.8) is 0 Å². The van der Waals surface area contributed by atoms with Crippen LogP contribution in [0.25, 0.3) is 0 Å². The summed E-state index contributed by atoms with van der Waals surface area (Å²) in [6.45, 7) is 7.07. The van der Waals surface area contributed by atoms with E-state index < -0.39 is 0 Å². The summed E-state index contributed by atoms with van der Waals surface area (Å²) in [4.78, 5) is 2.45. The highest BCUT2D eigenvalue weighted by Gasteiger charge is 2.23. The van der Waals surface area contributed by atoms with Gasteiger partial charge in [-0.15, -0.1) is 0 Å². The lowest BCUT2D eigenvalue weighted by atomic mass is 9.91. The molecule has 2 rings (SSSR count). The summed E-state index contributed by atoms with van der Waals surface area (Å²) in [5.41, 5.74) is 1.31. The average Bonchev–Trinajstić information content (AvgIpc) is 2.38. The number of likely N-dealkylation sites (tertiary alicyclic amines) is 1. The first kappa shape index (κ1) is 15.8. The molecule has 0 radical (unpaired) electrons. The Morgan fingerprint density at radius 2 is 2.20 bits per heavy atom. The Hall–Kier alpha value is -0.570. The van der Waals surface area contributed by atoms with Crippen LogP contribution >= 0.6 is 11.6 Å². The lowest BCUT2D eigenvalue weighted by Gasteiger charge is -2.35. The van der Waals surface area contributed by atoms with Crippen LogP contribution in [0.15, 0.2) is 24.3 Å². The molecule has 3 heteroatoms. The van der Waals surface area contributed by atoms with Gasteiger partial charge in [-0.25, -0.2) is 0 Å². The van der Waals surface area contributed by atoms with E-state index >= 15 is 0 Å². The van der Waals surface area contributed by atoms with Gasteiger partial charge in [-0.2, -0.15) is 0 Å². The number of benzene rings is 1. The third kappa shape index (κ3) is 4.76. The van der Waals surface area contributed by atoms with Crippen molar-refractivity contribution < 1.29 is 0 Å². The van der Waals surface area contributed by atoms with E-state index in [2.05, 4.69) is 43.2 Å². The number of rotatable bonds is 5. The van der Waals surface area contributed by atoms with Gasteiger partial charge in [-0.1, -0.05) is 23.7 Å². The molecule has 1 N–H and O–H groups in total. The fraction of sp³-hybridized carbons (Fsp3) is 0.647. The molecule has 112 valence electrons. The predicted octanol–water partition coefficient (Wildman–Crippen LogP) is 3.59. The monoisotopic (exact) mass is 294 g/mol. The zero-order valence-corrected chi connectivity index (χ0v) is 13.7. The maximum absolute atomic E-state index is 6.05. The molecule has 1 aromatic carbocycles. The van der Waals surface area contributed by atoms with Crippen LogP contribution in [0.4, 0.5) is 0 Å². The zero-order valence-electron chi connectivity index (χ0n) is 12.9. The Morgan fingerprint density at radius 3 is 2.90 bits per heavy atom. The molecule has 3 atom stereocenters. The van der Waals surface area contributed by atoms with Gasteiger partial charge in [-0.3, -0.25) is 0 Å². The molecular weight excluding hydrogens is 268 g/mol. The van der Waals surface area contributed by atoms with E-state index in [1.165, 1.54) is 31.5 Å². The van der Waals surface area contributed by atoms with Crippen LogP contribution in [0.5, 0.6) is 0 Å². The zero-order chi connectivity index (χ0) is 14.5. The van der Waals surface area contributed by atoms with Crippen LogP contribution in [-0.4, -0.2) is 37.1 Å². The number of piperidine rings is 1. The van der Waals surface area contributed by atoms with Crippen molar-refractivity contribution in [3.05, 3.63) is 34.9 Å². The van der Waals surface area contributed by atoms with Crippen molar-refractivity contribution in [2.45, 2.75) is 45.2 Å². The van der Waals surface area contributed by atoms with Gasteiger partial charge in [0.2, 0.25) is 0 Å². The molecule has 20 heavy (non-hydrogen) atoms. The molecule has 0 bridgehead atoms. The van der Waals surface area contributed by atoms with Gasteiger partial charge in [0.25, 0.3) is 0 Å². The van der Waals surface area contributed by atoms with Crippen LogP contribution in [-0.2, 0) is 6.42 Å². The van der Waals surface area contributed by atoms with Gasteiger partial charge in [-0.05, 0) is 70.3 Å². The standard InChI is InChI=1S/C17H27ClN2/c1-13(10-15-6-4-8-17(18)11-15)19-14(2)16-7-5-9-20(3)12-16/h4,6,8,11,13-14,16,19H,5,7,9-10,12H2,1-3H3. The number of nitrogens with one attached hydrogen (secondary N) is 1. The summed E-state index contributed by atoms with van der Waals surface area (Å²) in [7, 11) is 2.23. The lowest BCUT2D eigenvalue weighted by Crippen LogP contribution is -2.46. The highest BCUT2D eigenvalue weighted by atomic mass is 35.5. The molecule has 1 aliphatic rings. The third-order valence-electron chi connectivity index (χ3n) is 4.35. The Labute approximate surface area is 128 Å². The highest BCUT2D eigenvalue weighted by Crippen LogP contribution is 2.19. The highest BCUT2D eigenvalue weighted by molar-refractivity contribution is 6.30. The molecule has 0 saturated carbocycles. The predicted molar refractivity (Wildman–Crippen MR) is 87.4 cm³/mol. The molecule has 0 amide bonds. The van der Waals surface area contributed by atoms with Crippen molar-refractivity contribution in [3.8, 4) is 0 Å². The first-order valence-corrected chi connectivity index (χ1v) is 8.11. The average molecular weight is 295 g/mol. The molecular formula is C17H27ClN2. The van der Waals surface area contributed by atoms with Crippen LogP contribution in [0.3, 0.4) is 0 Å². The largest absolute Gasteiger partial charge is 0.311 e. The maximum Gasteiger partial charge on any atom is 0.0408 e. The second kappa shape index (κ2) is 7.44. The van der Waals surface area contributed by atoms with Crippen molar-refractivity contribution in [2.75, 3.05) is 20.1 Å². The minimum absolute atomic E-state index is 0.482. The summed E-state index contributed by atoms with van der Waals surface area (Å²) in [5.74, 6) is 0.774. The smallest absolute Gasteiger partial charge is 0.0408 e. The van der Waals surface area contributed by atoms with E-state index in [-0.39, 0.29) is 0 Å². The molecule has 1 aliphatic heterocycles. The first-order chi connectivity index (χ1) is 9.54. The normalized spacial score (nSPS) is 23.5. The Balaban J connectivity index is 1.82. The van der Waals surface area contributed by atoms with E-state index in [0.29, 0.717) is 12.1 Å². The minimum atomic E-state index is 0.482. The van der Waals surface area contributed by atoms with E-state index in [1.54, 1.807) is 0 Å². The van der Waals surface area contributed by atoms with Crippen molar-refractivity contribution in [1.82, 2.24) is 10.2 Å². The first-order valence-electron chi connectivity index (χ1n) is 7.73. The van der Waals surface area contributed by atoms with Gasteiger partial charge < -0.3 is 10.2 Å². The van der Waals surface area contributed by atoms with Crippen LogP contribution < -0.4 is 5.32 Å². The second-order valence-electron chi connectivity index (χ2n) is 6.35. The Morgan fingerprint density at radius 1 is 1.40 bits per heavy atom. The Kier molecular flexibility index (Phi) is 5.88. The van der Waals surface area contributed by atoms with E-state index in [1.807, 2.05) is 12.1 Å². The van der Waals surface area contributed by atoms with Crippen molar-refractivity contribution >= 4 is 11.6 Å². The van der Waals surface area contributed by atoms with Gasteiger partial charge in [0.15, 0.2) is 0 Å². The topological polar surface area (TPSA) is 15.3 Å². The van der Waals surface area contributed by atoms with E-state index in [9.17, 15) is 0 Å². The van der Waals surface area contributed by atoms with Gasteiger partial charge >= 0.3 is 0 Å². The van der Waals surface area contributed by atoms with Gasteiger partial charge in [0.1, 0.15) is 0 Å². The fourth-order valence-corrected chi connectivity index (χ4v) is 3.49. The molecule has 1 fully saturated rings. The molecule has 1 saturated heterocycles. The van der Waals surface area contributed by atoms with Crippen molar-refractivity contribution in [2.24, 2.45) is 5.92 Å². The summed E-state index contributed by atoms with van der Waals surface area (Å²) in [6, 6.07) is 9.25. The molecule has 1 heterocycles. The molecule has 2 nitrogen and oxygen atoms in total. The molecule has 0 spiro atoms. The molecule has 0 aromatic heterocycles. The Bertz CT molecular complexity index is 421. The SMILES string of the molecule is CC(Cc1cccc(Cl)c1)NC(C)C1CCCN(C)C1. The number of nitrogens with zero attached hydrogens (tertiary/aromatic N) is 1. The third-order valence-corrected chi connectivity index (χ3v) is 4.58. The fourth-order valence-electron chi connectivity index (χ4n) is 3.28. The summed E-state index contributed by atoms with van der Waals surface area (Å²) < 4.78 is 0. The number of hydrogen-bond acceptors (Lipinski definition) is 2. The summed E-state index contributed by atoms with van der Waals surface area (Å²) >= 11 is 6.05. The van der Waals surface area contributed by atoms with Gasteiger partial charge in [0.05, 0.1) is 0 Å². The summed E-state index contributed by atoms with van der Waals surface area (Å²) in [6.07, 6.45) is 3.71. The lowest BCUT2D eigenvalue weighted by molar-refractivity contribution is 0.174.